The first-order valence-corrected chi connectivity index (χ1v) is 10.00. The van der Waals surface area contributed by atoms with Crippen molar-refractivity contribution in [2.45, 2.75) is 19.8 Å². The van der Waals surface area contributed by atoms with Gasteiger partial charge in [0.15, 0.2) is 12.8 Å². The van der Waals surface area contributed by atoms with Crippen LogP contribution in [0.2, 0.25) is 0 Å². The molecule has 0 saturated heterocycles. The number of rotatable bonds is 4. The van der Waals surface area contributed by atoms with Gasteiger partial charge in [0.2, 0.25) is 11.8 Å². The summed E-state index contributed by atoms with van der Waals surface area (Å²) in [4.78, 5) is 10.1. The summed E-state index contributed by atoms with van der Waals surface area (Å²) in [5.74, 6) is 1.60. The van der Waals surface area contributed by atoms with Gasteiger partial charge in [-0.15, -0.1) is 0 Å². The molecule has 6 rings (SSSR count). The van der Waals surface area contributed by atoms with Gasteiger partial charge in [-0.1, -0.05) is 56.3 Å². The molecule has 4 aromatic carbocycles. The van der Waals surface area contributed by atoms with Gasteiger partial charge >= 0.3 is 0 Å². The standard InChI is InChI=1S/C25H19N3O2/c1-15(2)18-7-3-16-5-9-20-21(10-6-17-4-8-19(18)24(16)25(17)20)28(22-11-26-13-29-22)23-12-27-14-30-23/h3-15H,1-2H3. The zero-order valence-electron chi connectivity index (χ0n) is 16.7. The topological polar surface area (TPSA) is 55.3 Å². The van der Waals surface area contributed by atoms with Crippen molar-refractivity contribution in [1.29, 1.82) is 0 Å². The van der Waals surface area contributed by atoms with Crippen molar-refractivity contribution in [1.82, 2.24) is 9.97 Å². The van der Waals surface area contributed by atoms with Gasteiger partial charge in [0.1, 0.15) is 0 Å². The summed E-state index contributed by atoms with van der Waals surface area (Å²) in [6.45, 7) is 4.49. The first-order valence-electron chi connectivity index (χ1n) is 10.00. The van der Waals surface area contributed by atoms with E-state index in [1.807, 2.05) is 4.90 Å². The van der Waals surface area contributed by atoms with Gasteiger partial charge in [-0.3, -0.25) is 0 Å². The molecule has 0 unspecified atom stereocenters. The van der Waals surface area contributed by atoms with Crippen molar-refractivity contribution in [3.8, 4) is 0 Å². The van der Waals surface area contributed by atoms with Crippen molar-refractivity contribution in [3.63, 3.8) is 0 Å². The van der Waals surface area contributed by atoms with Crippen LogP contribution in [0.15, 0.2) is 82.5 Å². The van der Waals surface area contributed by atoms with Crippen LogP contribution in [0, 0.1) is 0 Å². The van der Waals surface area contributed by atoms with Crippen LogP contribution in [0.5, 0.6) is 0 Å². The van der Waals surface area contributed by atoms with Gasteiger partial charge in [-0.05, 0) is 44.5 Å². The zero-order chi connectivity index (χ0) is 20.2. The maximum Gasteiger partial charge on any atom is 0.227 e. The van der Waals surface area contributed by atoms with Gasteiger partial charge in [-0.25, -0.2) is 14.9 Å². The number of aromatic nitrogens is 2. The predicted octanol–water partition coefficient (Wildman–Crippen LogP) is 7.15. The molecule has 0 radical (unpaired) electrons. The molecule has 0 saturated carbocycles. The number of benzene rings is 4. The molecule has 0 bridgehead atoms. The largest absolute Gasteiger partial charge is 0.427 e. The van der Waals surface area contributed by atoms with Crippen molar-refractivity contribution < 1.29 is 8.83 Å². The van der Waals surface area contributed by atoms with Crippen LogP contribution in [-0.2, 0) is 0 Å². The summed E-state index contributed by atoms with van der Waals surface area (Å²) >= 11 is 0. The second-order valence-electron chi connectivity index (χ2n) is 7.83. The highest BCUT2D eigenvalue weighted by molar-refractivity contribution is 6.26. The number of nitrogens with zero attached hydrogens (tertiary/aromatic N) is 3. The summed E-state index contributed by atoms with van der Waals surface area (Å²) in [5.41, 5.74) is 2.32. The van der Waals surface area contributed by atoms with Crippen LogP contribution >= 0.6 is 0 Å². The molecule has 146 valence electrons. The lowest BCUT2D eigenvalue weighted by Crippen LogP contribution is -2.09. The lowest BCUT2D eigenvalue weighted by molar-refractivity contribution is 0.532. The van der Waals surface area contributed by atoms with Crippen LogP contribution in [0.3, 0.4) is 0 Å². The lowest BCUT2D eigenvalue weighted by Gasteiger charge is -2.22. The third-order valence-electron chi connectivity index (χ3n) is 5.82. The molecule has 0 spiro atoms. The van der Waals surface area contributed by atoms with Crippen LogP contribution < -0.4 is 4.90 Å². The molecule has 30 heavy (non-hydrogen) atoms. The average Bonchev–Trinajstić information content (AvgIpc) is 3.48. The fraction of sp³-hybridized carbons (Fsp3) is 0.120. The van der Waals surface area contributed by atoms with Gasteiger partial charge < -0.3 is 8.83 Å². The molecular weight excluding hydrogens is 374 g/mol. The third-order valence-corrected chi connectivity index (χ3v) is 5.82. The van der Waals surface area contributed by atoms with Gasteiger partial charge in [0.25, 0.3) is 0 Å². The number of hydrogen-bond acceptors (Lipinski definition) is 5. The SMILES string of the molecule is CC(C)c1ccc2ccc3c(N(c4cnco4)c4cnco4)ccc4ccc1c2c43. The Hall–Kier alpha value is -3.86. The molecule has 0 aliphatic carbocycles. The minimum absolute atomic E-state index is 0.453. The van der Waals surface area contributed by atoms with Gasteiger partial charge in [0, 0.05) is 5.39 Å². The fourth-order valence-electron chi connectivity index (χ4n) is 4.49. The molecule has 0 aliphatic heterocycles. The summed E-state index contributed by atoms with van der Waals surface area (Å²) in [6, 6.07) is 17.6. The van der Waals surface area contributed by atoms with E-state index in [9.17, 15) is 0 Å². The van der Waals surface area contributed by atoms with E-state index < -0.39 is 0 Å². The van der Waals surface area contributed by atoms with Crippen LogP contribution in [-0.4, -0.2) is 9.97 Å². The second kappa shape index (κ2) is 6.32. The van der Waals surface area contributed by atoms with Gasteiger partial charge in [0.05, 0.1) is 18.1 Å². The molecule has 5 nitrogen and oxygen atoms in total. The fourth-order valence-corrected chi connectivity index (χ4v) is 4.49. The van der Waals surface area contributed by atoms with E-state index in [0.29, 0.717) is 17.7 Å². The highest BCUT2D eigenvalue weighted by atomic mass is 16.4. The van der Waals surface area contributed by atoms with E-state index in [1.165, 1.54) is 45.3 Å². The molecule has 5 heteroatoms. The van der Waals surface area contributed by atoms with E-state index in [1.54, 1.807) is 12.4 Å². The number of hydrogen-bond donors (Lipinski definition) is 0. The molecular formula is C25H19N3O2. The monoisotopic (exact) mass is 393 g/mol. The smallest absolute Gasteiger partial charge is 0.227 e. The molecule has 0 fully saturated rings. The van der Waals surface area contributed by atoms with E-state index in [0.717, 1.165) is 11.1 Å². The second-order valence-corrected chi connectivity index (χ2v) is 7.83. The third kappa shape index (κ3) is 2.35. The van der Waals surface area contributed by atoms with Crippen LogP contribution in [0.25, 0.3) is 32.3 Å². The quantitative estimate of drug-likeness (QED) is 0.298. The number of anilines is 3. The highest BCUT2D eigenvalue weighted by Gasteiger charge is 2.22. The Morgan fingerprint density at radius 1 is 0.700 bits per heavy atom. The van der Waals surface area contributed by atoms with E-state index >= 15 is 0 Å². The van der Waals surface area contributed by atoms with E-state index in [2.05, 4.69) is 72.3 Å². The maximum atomic E-state index is 5.64. The van der Waals surface area contributed by atoms with E-state index in [4.69, 9.17) is 8.83 Å². The Morgan fingerprint density at radius 2 is 1.27 bits per heavy atom. The molecule has 6 aromatic rings. The normalized spacial score (nSPS) is 12.0. The minimum atomic E-state index is 0.453. The molecule has 0 atom stereocenters. The summed E-state index contributed by atoms with van der Waals surface area (Å²) < 4.78 is 11.3. The lowest BCUT2D eigenvalue weighted by atomic mass is 9.88. The maximum absolute atomic E-state index is 5.64. The highest BCUT2D eigenvalue weighted by Crippen LogP contribution is 2.44. The number of oxazole rings is 2. The average molecular weight is 393 g/mol. The first kappa shape index (κ1) is 17.0. The van der Waals surface area contributed by atoms with Crippen molar-refractivity contribution in [3.05, 3.63) is 79.3 Å². The summed E-state index contributed by atoms with van der Waals surface area (Å²) in [7, 11) is 0. The minimum Gasteiger partial charge on any atom is -0.427 e. The summed E-state index contributed by atoms with van der Waals surface area (Å²) in [6.07, 6.45) is 6.20. The Balaban J connectivity index is 1.73. The first-order chi connectivity index (χ1) is 14.7. The Kier molecular flexibility index (Phi) is 3.59. The summed E-state index contributed by atoms with van der Waals surface area (Å²) in [5, 5.41) is 7.43. The molecule has 0 amide bonds. The molecule has 2 heterocycles. The Morgan fingerprint density at radius 3 is 1.87 bits per heavy atom. The molecule has 0 aliphatic rings. The van der Waals surface area contributed by atoms with Gasteiger partial charge in [-0.2, -0.15) is 0 Å². The molecule has 2 aromatic heterocycles. The Labute approximate surface area is 172 Å². The van der Waals surface area contributed by atoms with E-state index in [-0.39, 0.29) is 0 Å². The van der Waals surface area contributed by atoms with Crippen molar-refractivity contribution in [2.75, 3.05) is 4.90 Å². The van der Waals surface area contributed by atoms with Crippen molar-refractivity contribution >= 4 is 49.8 Å². The predicted molar refractivity (Wildman–Crippen MR) is 119 cm³/mol. The van der Waals surface area contributed by atoms with Crippen molar-refractivity contribution in [2.24, 2.45) is 0 Å². The van der Waals surface area contributed by atoms with Crippen LogP contribution in [0.4, 0.5) is 17.5 Å². The molecule has 0 N–H and O–H groups in total. The zero-order valence-corrected chi connectivity index (χ0v) is 16.7. The Bertz CT molecular complexity index is 1430. The van der Waals surface area contributed by atoms with Crippen LogP contribution in [0.1, 0.15) is 25.3 Å².